The molecule has 1 aromatic carbocycles. The maximum Gasteiger partial charge on any atom is 0.355 e. The second-order valence-electron chi connectivity index (χ2n) is 5.00. The first-order chi connectivity index (χ1) is 11.7. The van der Waals surface area contributed by atoms with E-state index in [-0.39, 0.29) is 0 Å². The van der Waals surface area contributed by atoms with Crippen molar-refractivity contribution < 1.29 is 23.7 Å². The fraction of sp³-hybridized carbons (Fsp3) is 0.235. The molecule has 1 aliphatic heterocycles. The molecule has 0 bridgehead atoms. The van der Waals surface area contributed by atoms with Crippen molar-refractivity contribution in [2.45, 2.75) is 4.90 Å². The lowest BCUT2D eigenvalue weighted by molar-refractivity contribution is 0.0591. The third kappa shape index (κ3) is 2.41. The van der Waals surface area contributed by atoms with E-state index in [1.165, 1.54) is 7.11 Å². The predicted molar refractivity (Wildman–Crippen MR) is 93.0 cm³/mol. The summed E-state index contributed by atoms with van der Waals surface area (Å²) in [6.45, 7) is 0. The molecule has 3 rings (SSSR count). The molecule has 0 radical (unpaired) electrons. The highest BCUT2D eigenvalue weighted by Crippen LogP contribution is 2.56. The Morgan fingerprint density at radius 1 is 1.04 bits per heavy atom. The summed E-state index contributed by atoms with van der Waals surface area (Å²) in [6, 6.07) is 7.73. The fourth-order valence-electron chi connectivity index (χ4n) is 2.77. The van der Waals surface area contributed by atoms with Gasteiger partial charge in [-0.3, -0.25) is 0 Å². The van der Waals surface area contributed by atoms with E-state index in [0.29, 0.717) is 22.3 Å². The maximum absolute atomic E-state index is 12.3. The third-order valence-corrected chi connectivity index (χ3v) is 6.07. The van der Waals surface area contributed by atoms with Crippen molar-refractivity contribution >= 4 is 27.8 Å². The lowest BCUT2D eigenvalue weighted by atomic mass is 10.2. The summed E-state index contributed by atoms with van der Waals surface area (Å²) in [6.07, 6.45) is 0. The molecule has 1 aromatic heterocycles. The summed E-state index contributed by atoms with van der Waals surface area (Å²) in [5.74, 6) is 0.728. The van der Waals surface area contributed by atoms with Gasteiger partial charge in [0.15, 0.2) is 10.9 Å². The number of thiol groups is 1. The van der Waals surface area contributed by atoms with Crippen LogP contribution in [0.15, 0.2) is 51.2 Å². The van der Waals surface area contributed by atoms with Crippen LogP contribution in [0.1, 0.15) is 10.5 Å². The van der Waals surface area contributed by atoms with Crippen LogP contribution < -0.4 is 0 Å². The zero-order chi connectivity index (χ0) is 17.3. The molecule has 6 nitrogen and oxygen atoms in total. The van der Waals surface area contributed by atoms with Crippen LogP contribution in [0.2, 0.25) is 0 Å². The van der Waals surface area contributed by atoms with Gasteiger partial charge in [0.2, 0.25) is 5.76 Å². The third-order valence-electron chi connectivity index (χ3n) is 3.81. The second kappa shape index (κ2) is 6.52. The number of carbonyl (C=O) groups is 1. The lowest BCUT2D eigenvalue weighted by Crippen LogP contribution is -2.04. The maximum atomic E-state index is 12.3. The molecular formula is C17H19NO5S. The van der Waals surface area contributed by atoms with E-state index in [2.05, 4.69) is 4.98 Å². The van der Waals surface area contributed by atoms with E-state index in [9.17, 15) is 4.79 Å². The average molecular weight is 349 g/mol. The van der Waals surface area contributed by atoms with Gasteiger partial charge in [-0.25, -0.2) is 4.79 Å². The molecular weight excluding hydrogens is 330 g/mol. The number of nitrogens with one attached hydrogen (secondary N) is 1. The lowest BCUT2D eigenvalue weighted by Gasteiger charge is -2.17. The number of carbonyl (C=O) groups excluding carboxylic acids is 1. The molecule has 0 fully saturated rings. The van der Waals surface area contributed by atoms with Crippen LogP contribution in [0, 0.1) is 0 Å². The highest BCUT2D eigenvalue weighted by atomic mass is 32.2. The number of methoxy groups -OCH3 is 4. The molecule has 7 heteroatoms. The normalized spacial score (nSPS) is 18.5. The molecule has 1 unspecified atom stereocenters. The number of rotatable bonds is 5. The van der Waals surface area contributed by atoms with Gasteiger partial charge < -0.3 is 23.9 Å². The number of ether oxygens (including phenoxy) is 4. The highest BCUT2D eigenvalue weighted by molar-refractivity contribution is 8.23. The smallest absolute Gasteiger partial charge is 0.355 e. The Bertz CT molecular complexity index is 852. The minimum absolute atomic E-state index is 0.419. The summed E-state index contributed by atoms with van der Waals surface area (Å²) in [5.41, 5.74) is 1.28. The summed E-state index contributed by atoms with van der Waals surface area (Å²) < 4.78 is 21.4. The SMILES string of the molecule is COC(=O)c1[nH]c2ccccc2c1[SH]1C=C(OC)C(OC)=C1OC. The largest absolute Gasteiger partial charge is 0.492 e. The van der Waals surface area contributed by atoms with Crippen LogP contribution >= 0.6 is 10.9 Å². The molecule has 0 spiro atoms. The second-order valence-corrected chi connectivity index (χ2v) is 6.85. The van der Waals surface area contributed by atoms with Crippen LogP contribution in [0.3, 0.4) is 0 Å². The average Bonchev–Trinajstić information content (AvgIpc) is 3.17. The van der Waals surface area contributed by atoms with Crippen LogP contribution in [0.4, 0.5) is 0 Å². The van der Waals surface area contributed by atoms with Gasteiger partial charge in [-0.2, -0.15) is 0 Å². The van der Waals surface area contributed by atoms with Crippen molar-refractivity contribution in [2.24, 2.45) is 0 Å². The Labute approximate surface area is 142 Å². The molecule has 1 N–H and O–H groups in total. The first kappa shape index (κ1) is 16.3. The standard InChI is InChI=1S/C17H19NO5S/c1-20-12-9-24(17(23-4)14(12)21-2)15-10-7-5-6-8-11(10)18-13(15)16(19)22-3/h5-9,18,24H,1-4H3. The highest BCUT2D eigenvalue weighted by Gasteiger charge is 2.33. The Morgan fingerprint density at radius 3 is 2.42 bits per heavy atom. The zero-order valence-corrected chi connectivity index (χ0v) is 14.8. The fourth-order valence-corrected chi connectivity index (χ4v) is 5.13. The predicted octanol–water partition coefficient (Wildman–Crippen LogP) is 3.28. The van der Waals surface area contributed by atoms with Gasteiger partial charge in [-0.15, -0.1) is 10.9 Å². The summed E-state index contributed by atoms with van der Waals surface area (Å²) in [5, 5.41) is 3.54. The van der Waals surface area contributed by atoms with Gasteiger partial charge in [0.05, 0.1) is 28.4 Å². The van der Waals surface area contributed by atoms with Crippen molar-refractivity contribution in [3.05, 3.63) is 52.0 Å². The molecule has 2 heterocycles. The number of benzene rings is 1. The van der Waals surface area contributed by atoms with Crippen LogP contribution in [-0.4, -0.2) is 39.4 Å². The molecule has 128 valence electrons. The van der Waals surface area contributed by atoms with E-state index in [0.717, 1.165) is 15.8 Å². The van der Waals surface area contributed by atoms with Crippen LogP contribution in [-0.2, 0) is 18.9 Å². The topological polar surface area (TPSA) is 69.8 Å². The van der Waals surface area contributed by atoms with Crippen molar-refractivity contribution in [1.29, 1.82) is 0 Å². The Balaban J connectivity index is 2.27. The van der Waals surface area contributed by atoms with Crippen molar-refractivity contribution in [3.8, 4) is 0 Å². The van der Waals surface area contributed by atoms with Crippen LogP contribution in [0.5, 0.6) is 0 Å². The van der Waals surface area contributed by atoms with Crippen LogP contribution in [0.25, 0.3) is 10.9 Å². The first-order valence-corrected chi connectivity index (χ1v) is 8.64. The zero-order valence-electron chi connectivity index (χ0n) is 13.9. The van der Waals surface area contributed by atoms with Gasteiger partial charge in [-0.05, 0) is 6.07 Å². The van der Waals surface area contributed by atoms with Gasteiger partial charge in [0.1, 0.15) is 5.69 Å². The van der Waals surface area contributed by atoms with Gasteiger partial charge >= 0.3 is 5.97 Å². The molecule has 0 saturated heterocycles. The molecule has 1 atom stereocenters. The van der Waals surface area contributed by atoms with Gasteiger partial charge in [0, 0.05) is 21.2 Å². The number of aromatic nitrogens is 1. The van der Waals surface area contributed by atoms with Crippen molar-refractivity contribution in [1.82, 2.24) is 4.98 Å². The quantitative estimate of drug-likeness (QED) is 0.640. The Kier molecular flexibility index (Phi) is 4.44. The van der Waals surface area contributed by atoms with E-state index >= 15 is 0 Å². The summed E-state index contributed by atoms with van der Waals surface area (Å²) in [7, 11) is 4.99. The first-order valence-electron chi connectivity index (χ1n) is 7.23. The number of hydrogen-bond donors (Lipinski definition) is 2. The minimum Gasteiger partial charge on any atom is -0.492 e. The monoisotopic (exact) mass is 349 g/mol. The number of aromatic amines is 1. The molecule has 0 saturated carbocycles. The van der Waals surface area contributed by atoms with Gasteiger partial charge in [-0.1, -0.05) is 18.2 Å². The van der Waals surface area contributed by atoms with E-state index in [4.69, 9.17) is 18.9 Å². The number of H-pyrrole nitrogens is 1. The molecule has 1 aliphatic rings. The Hall–Kier alpha value is -2.54. The van der Waals surface area contributed by atoms with E-state index < -0.39 is 16.9 Å². The number of esters is 1. The van der Waals surface area contributed by atoms with Crippen molar-refractivity contribution in [2.75, 3.05) is 28.4 Å². The number of para-hydroxylation sites is 1. The van der Waals surface area contributed by atoms with Gasteiger partial charge in [0.25, 0.3) is 0 Å². The summed E-state index contributed by atoms with van der Waals surface area (Å²) in [4.78, 5) is 16.3. The molecule has 24 heavy (non-hydrogen) atoms. The molecule has 2 aromatic rings. The number of hydrogen-bond acceptors (Lipinski definition) is 5. The Morgan fingerprint density at radius 2 is 1.79 bits per heavy atom. The number of fused-ring (bicyclic) bond motifs is 1. The molecule has 0 aliphatic carbocycles. The summed E-state index contributed by atoms with van der Waals surface area (Å²) >= 11 is 0. The van der Waals surface area contributed by atoms with E-state index in [1.807, 2.05) is 29.7 Å². The van der Waals surface area contributed by atoms with Crippen molar-refractivity contribution in [3.63, 3.8) is 0 Å². The van der Waals surface area contributed by atoms with E-state index in [1.54, 1.807) is 21.3 Å². The minimum atomic E-state index is -1.10. The molecule has 0 amide bonds.